The van der Waals surface area contributed by atoms with Gasteiger partial charge in [-0.3, -0.25) is 38.4 Å². The summed E-state index contributed by atoms with van der Waals surface area (Å²) in [5.41, 5.74) is 0.840. The number of thioether (sulfide) groups is 2. The first-order chi connectivity index (χ1) is 38.5. The maximum Gasteiger partial charge on any atom is 0.328 e. The third-order valence-electron chi connectivity index (χ3n) is 15.2. The van der Waals surface area contributed by atoms with Crippen LogP contribution in [-0.2, 0) is 68.5 Å². The maximum absolute atomic E-state index is 14.8. The number of likely N-dealkylation sites (tertiary alicyclic amines) is 1. The molecule has 2 fully saturated rings. The van der Waals surface area contributed by atoms with E-state index in [9.17, 15) is 43.2 Å². The lowest BCUT2D eigenvalue weighted by atomic mass is 9.89. The summed E-state index contributed by atoms with van der Waals surface area (Å²) in [6, 6.07) is 4.02. The second-order valence-electron chi connectivity index (χ2n) is 21.7. The number of carbonyl (C=O) groups is 9. The molecule has 0 spiro atoms. The zero-order chi connectivity index (χ0) is 60.5. The fraction of sp³-hybridized carbons (Fsp3) is 0.737. The molecule has 2 aliphatic heterocycles. The Labute approximate surface area is 488 Å². The Morgan fingerprint density at radius 1 is 0.802 bits per heavy atom. The Bertz CT molecular complexity index is 2190. The largest absolute Gasteiger partial charge is 0.467 e. The van der Waals surface area contributed by atoms with Crippen molar-refractivity contribution in [3.05, 3.63) is 35.9 Å². The Balaban J connectivity index is 1.72. The number of amides is 8. The first-order valence-electron chi connectivity index (χ1n) is 28.3. The van der Waals surface area contributed by atoms with Crippen molar-refractivity contribution in [2.75, 3.05) is 92.3 Å². The molecule has 0 aliphatic carbocycles. The van der Waals surface area contributed by atoms with Gasteiger partial charge in [0, 0.05) is 84.6 Å². The molecule has 0 radical (unpaired) electrons. The van der Waals surface area contributed by atoms with Gasteiger partial charge in [0.1, 0.15) is 24.2 Å². The SMILES string of the molecule is CC[C@H](C)[C@@H]([C@@H](CC(=O)N1CCC[C@H]1[C@H](OC)[C@@H](C)C(=O)N[C@@H](Cc1ccccc1)C(=O)OC)OC)N(C)C(=O)[C@@H](NC(=O)[C@@H](C(C)C)N(C)C(=O)C(C)NC(=O)CCN(CCC(=O)NCCOCCO)C(=O)C1CSCS1)C(C)C. The number of aliphatic hydroxyl groups is 1. The predicted octanol–water partition coefficient (Wildman–Crippen LogP) is 2.48. The Kier molecular flexibility index (Phi) is 31.1. The molecular weight excluding hydrogens is 1080 g/mol. The topological polar surface area (TPSA) is 272 Å². The highest BCUT2D eigenvalue weighted by atomic mass is 32.2. The summed E-state index contributed by atoms with van der Waals surface area (Å²) in [5.74, 6) is -4.99. The number of ether oxygens (including phenoxy) is 4. The summed E-state index contributed by atoms with van der Waals surface area (Å²) in [6.07, 6.45) is 0.305. The van der Waals surface area contributed by atoms with E-state index in [1.54, 1.807) is 63.2 Å². The van der Waals surface area contributed by atoms with Crippen molar-refractivity contribution in [2.24, 2.45) is 23.7 Å². The van der Waals surface area contributed by atoms with E-state index in [-0.39, 0.29) is 94.0 Å². The second-order valence-corrected chi connectivity index (χ2v) is 24.3. The summed E-state index contributed by atoms with van der Waals surface area (Å²) < 4.78 is 22.3. The highest BCUT2D eigenvalue weighted by molar-refractivity contribution is 8.19. The van der Waals surface area contributed by atoms with Crippen LogP contribution in [0.2, 0.25) is 0 Å². The van der Waals surface area contributed by atoms with Crippen molar-refractivity contribution >= 4 is 76.8 Å². The van der Waals surface area contributed by atoms with E-state index in [4.69, 9.17) is 24.1 Å². The van der Waals surface area contributed by atoms with Crippen LogP contribution in [0.15, 0.2) is 30.3 Å². The number of rotatable bonds is 35. The van der Waals surface area contributed by atoms with Gasteiger partial charge in [0.05, 0.1) is 68.8 Å². The van der Waals surface area contributed by atoms with Crippen LogP contribution in [0.25, 0.3) is 0 Å². The van der Waals surface area contributed by atoms with Gasteiger partial charge in [0.25, 0.3) is 0 Å². The lowest BCUT2D eigenvalue weighted by Crippen LogP contribution is -2.61. The monoisotopic (exact) mass is 1180 g/mol. The van der Waals surface area contributed by atoms with Crippen molar-refractivity contribution in [1.29, 1.82) is 0 Å². The third kappa shape index (κ3) is 21.3. The van der Waals surface area contributed by atoms with Crippen LogP contribution in [0, 0.1) is 23.7 Å². The number of aliphatic hydroxyl groups excluding tert-OH is 1. The predicted molar refractivity (Wildman–Crippen MR) is 311 cm³/mol. The number of nitrogens with one attached hydrogen (secondary N) is 4. The molecule has 0 aromatic heterocycles. The van der Waals surface area contributed by atoms with Gasteiger partial charge in [-0.05, 0) is 43.1 Å². The molecule has 2 heterocycles. The minimum absolute atomic E-state index is 0.00322. The lowest BCUT2D eigenvalue weighted by molar-refractivity contribution is -0.149. The van der Waals surface area contributed by atoms with E-state index in [1.165, 1.54) is 56.9 Å². The molecule has 2 saturated heterocycles. The van der Waals surface area contributed by atoms with Crippen LogP contribution >= 0.6 is 23.5 Å². The summed E-state index contributed by atoms with van der Waals surface area (Å²) in [7, 11) is 7.36. The van der Waals surface area contributed by atoms with Crippen molar-refractivity contribution < 1.29 is 67.2 Å². The maximum atomic E-state index is 14.8. The van der Waals surface area contributed by atoms with Gasteiger partial charge in [0.2, 0.25) is 47.3 Å². The number of nitrogens with zero attached hydrogens (tertiary/aromatic N) is 4. The fourth-order valence-corrected chi connectivity index (χ4v) is 13.3. The number of likely N-dealkylation sites (N-methyl/N-ethyl adjacent to an activating group) is 2. The fourth-order valence-electron chi connectivity index (χ4n) is 10.5. The number of carbonyl (C=O) groups excluding carboxylic acids is 9. The molecule has 24 heteroatoms. The minimum Gasteiger partial charge on any atom is -0.467 e. The van der Waals surface area contributed by atoms with Crippen molar-refractivity contribution in [3.63, 3.8) is 0 Å². The quantitative estimate of drug-likeness (QED) is 0.0483. The molecular formula is C57H94N8O14S2. The molecule has 22 nitrogen and oxygen atoms in total. The molecule has 3 rings (SSSR count). The number of esters is 1. The third-order valence-corrected chi connectivity index (χ3v) is 18.0. The van der Waals surface area contributed by atoms with Crippen LogP contribution in [0.1, 0.15) is 99.5 Å². The normalized spacial score (nSPS) is 18.5. The smallest absolute Gasteiger partial charge is 0.328 e. The van der Waals surface area contributed by atoms with Crippen LogP contribution < -0.4 is 21.3 Å². The van der Waals surface area contributed by atoms with E-state index < -0.39 is 102 Å². The Morgan fingerprint density at radius 3 is 2.04 bits per heavy atom. The molecule has 0 bridgehead atoms. The summed E-state index contributed by atoms with van der Waals surface area (Å²) in [5, 5.41) is 20.6. The van der Waals surface area contributed by atoms with Gasteiger partial charge in [-0.15, -0.1) is 23.5 Å². The second kappa shape index (κ2) is 35.9. The van der Waals surface area contributed by atoms with Crippen molar-refractivity contribution in [1.82, 2.24) is 40.9 Å². The van der Waals surface area contributed by atoms with Gasteiger partial charge >= 0.3 is 5.97 Å². The molecule has 5 N–H and O–H groups in total. The first-order valence-corrected chi connectivity index (χ1v) is 30.5. The van der Waals surface area contributed by atoms with Crippen LogP contribution in [-0.4, -0.2) is 224 Å². The highest BCUT2D eigenvalue weighted by Crippen LogP contribution is 2.32. The van der Waals surface area contributed by atoms with Crippen molar-refractivity contribution in [2.45, 2.75) is 154 Å². The van der Waals surface area contributed by atoms with E-state index >= 15 is 0 Å². The van der Waals surface area contributed by atoms with Crippen LogP contribution in [0.5, 0.6) is 0 Å². The number of hydrogen-bond donors (Lipinski definition) is 5. The van der Waals surface area contributed by atoms with E-state index in [0.717, 1.165) is 10.6 Å². The average Bonchev–Trinajstić information content (AvgIpc) is 4.24. The zero-order valence-corrected chi connectivity index (χ0v) is 51.7. The number of hydrogen-bond acceptors (Lipinski definition) is 16. The van der Waals surface area contributed by atoms with Crippen LogP contribution in [0.4, 0.5) is 0 Å². The Morgan fingerprint density at radius 2 is 1.47 bits per heavy atom. The van der Waals surface area contributed by atoms with Gasteiger partial charge in [-0.1, -0.05) is 85.2 Å². The number of methoxy groups -OCH3 is 3. The molecule has 1 aromatic rings. The standard InChI is InChI=1S/C57H94N8O14S2/c1-14-37(6)50(43(76-11)32-47(69)65-25-18-21-42(65)51(77-12)38(7)52(70)60-41(57(75)78-13)31-40-19-16-15-17-20-40)63(10)56(74)48(35(2)3)61-53(71)49(36(4)5)62(9)54(72)39(8)59-46(68)23-27-64(55(73)44-33-80-34-81-44)26-22-45(67)58-24-29-79-30-28-66/h15-17,19-20,35-39,41-44,48-51,66H,14,18,21-34H2,1-13H3,(H,58,67)(H,59,68)(H,60,70)(H,61,71)/t37-,38+,39?,41-,42-,43+,44?,48-,49+,50-,51+/m0/s1. The van der Waals surface area contributed by atoms with Gasteiger partial charge < -0.3 is 64.9 Å². The zero-order valence-electron chi connectivity index (χ0n) is 50.1. The van der Waals surface area contributed by atoms with E-state index in [2.05, 4.69) is 21.3 Å². The molecule has 2 aliphatic rings. The molecule has 458 valence electrons. The average molecular weight is 1180 g/mol. The van der Waals surface area contributed by atoms with E-state index in [1.807, 2.05) is 44.2 Å². The summed E-state index contributed by atoms with van der Waals surface area (Å²) >= 11 is 3.14. The van der Waals surface area contributed by atoms with E-state index in [0.29, 0.717) is 31.6 Å². The minimum atomic E-state index is -1.07. The van der Waals surface area contributed by atoms with Gasteiger partial charge in [-0.25, -0.2) is 4.79 Å². The van der Waals surface area contributed by atoms with Gasteiger partial charge in [0.15, 0.2) is 0 Å². The highest BCUT2D eigenvalue weighted by Gasteiger charge is 2.44. The number of benzene rings is 1. The molecule has 0 saturated carbocycles. The molecule has 2 unspecified atom stereocenters. The summed E-state index contributed by atoms with van der Waals surface area (Å²) in [4.78, 5) is 130. The van der Waals surface area contributed by atoms with Gasteiger partial charge in [-0.2, -0.15) is 0 Å². The molecule has 11 atom stereocenters. The van der Waals surface area contributed by atoms with Crippen LogP contribution in [0.3, 0.4) is 0 Å². The molecule has 8 amide bonds. The van der Waals surface area contributed by atoms with Crippen molar-refractivity contribution in [3.8, 4) is 0 Å². The lowest BCUT2D eigenvalue weighted by Gasteiger charge is -2.41. The molecule has 1 aromatic carbocycles. The Hall–Kier alpha value is -5.01. The first kappa shape index (κ1) is 70.3. The molecule has 81 heavy (non-hydrogen) atoms. The summed E-state index contributed by atoms with van der Waals surface area (Å²) in [6.45, 7) is 15.3.